The lowest BCUT2D eigenvalue weighted by Crippen LogP contribution is -2.31. The minimum atomic E-state index is -0.0319. The average molecular weight is 155 g/mol. The molecule has 64 valence electrons. The van der Waals surface area contributed by atoms with Gasteiger partial charge in [-0.25, -0.2) is 0 Å². The summed E-state index contributed by atoms with van der Waals surface area (Å²) in [7, 11) is 0. The van der Waals surface area contributed by atoms with Crippen molar-refractivity contribution in [3.8, 4) is 0 Å². The molecule has 1 aliphatic heterocycles. The smallest absolute Gasteiger partial charge is 0.0679 e. The summed E-state index contributed by atoms with van der Waals surface area (Å²) >= 11 is 0. The quantitative estimate of drug-likeness (QED) is 0.610. The lowest BCUT2D eigenvalue weighted by atomic mass is 10.2. The van der Waals surface area contributed by atoms with Gasteiger partial charge in [0.05, 0.1) is 6.10 Å². The average Bonchev–Trinajstić information content (AvgIpc) is 2.55. The van der Waals surface area contributed by atoms with E-state index in [4.69, 9.17) is 0 Å². The lowest BCUT2D eigenvalue weighted by Gasteiger charge is -2.22. The molecule has 0 amide bonds. The molecular weight excluding hydrogens is 138 g/mol. The van der Waals surface area contributed by atoms with Crippen LogP contribution in [0.2, 0.25) is 0 Å². The highest BCUT2D eigenvalue weighted by Crippen LogP contribution is 2.26. The Bertz CT molecular complexity index is 132. The van der Waals surface area contributed by atoms with Gasteiger partial charge in [0.1, 0.15) is 0 Å². The van der Waals surface area contributed by atoms with Crippen molar-refractivity contribution in [3.63, 3.8) is 0 Å². The number of β-amino-alcohol motifs (C(OH)–C–C–N with tert-alkyl or cyclic N) is 1. The van der Waals surface area contributed by atoms with Crippen LogP contribution < -0.4 is 0 Å². The summed E-state index contributed by atoms with van der Waals surface area (Å²) in [6, 6.07) is 0.812. The minimum Gasteiger partial charge on any atom is -0.392 e. The van der Waals surface area contributed by atoms with E-state index in [1.807, 2.05) is 0 Å². The fourth-order valence-electron chi connectivity index (χ4n) is 2.37. The van der Waals surface area contributed by atoms with Crippen LogP contribution in [0.25, 0.3) is 0 Å². The van der Waals surface area contributed by atoms with Gasteiger partial charge in [0.15, 0.2) is 0 Å². The molecule has 0 aromatic heterocycles. The maximum Gasteiger partial charge on any atom is 0.0679 e. The third-order valence-electron chi connectivity index (χ3n) is 3.04. The fourth-order valence-corrected chi connectivity index (χ4v) is 2.37. The molecule has 0 bridgehead atoms. The van der Waals surface area contributed by atoms with Crippen LogP contribution in [-0.2, 0) is 0 Å². The zero-order chi connectivity index (χ0) is 7.68. The Morgan fingerprint density at radius 2 is 1.82 bits per heavy atom. The normalized spacial score (nSPS) is 35.2. The Kier molecular flexibility index (Phi) is 2.14. The number of likely N-dealkylation sites (tertiary alicyclic amines) is 1. The molecule has 0 aromatic rings. The fraction of sp³-hybridized carbons (Fsp3) is 1.00. The summed E-state index contributed by atoms with van der Waals surface area (Å²) in [4.78, 5) is 2.47. The van der Waals surface area contributed by atoms with Crippen LogP contribution in [0.4, 0.5) is 0 Å². The molecule has 0 aromatic carbocycles. The van der Waals surface area contributed by atoms with Gasteiger partial charge >= 0.3 is 0 Å². The lowest BCUT2D eigenvalue weighted by molar-refractivity contribution is 0.160. The van der Waals surface area contributed by atoms with Gasteiger partial charge in [-0.05, 0) is 19.3 Å². The Morgan fingerprint density at radius 1 is 1.09 bits per heavy atom. The van der Waals surface area contributed by atoms with Gasteiger partial charge in [0, 0.05) is 19.1 Å². The van der Waals surface area contributed by atoms with Gasteiger partial charge in [-0.15, -0.1) is 0 Å². The molecule has 2 heteroatoms. The predicted molar refractivity (Wildman–Crippen MR) is 44.5 cm³/mol. The van der Waals surface area contributed by atoms with Crippen LogP contribution in [-0.4, -0.2) is 35.2 Å². The van der Waals surface area contributed by atoms with Gasteiger partial charge in [0.25, 0.3) is 0 Å². The Labute approximate surface area is 68.2 Å². The predicted octanol–water partition coefficient (Wildman–Crippen LogP) is 0.996. The molecule has 1 N–H and O–H groups in total. The van der Waals surface area contributed by atoms with Crippen molar-refractivity contribution in [2.75, 3.05) is 13.1 Å². The van der Waals surface area contributed by atoms with E-state index < -0.39 is 0 Å². The van der Waals surface area contributed by atoms with E-state index in [0.29, 0.717) is 0 Å². The third kappa shape index (κ3) is 1.57. The van der Waals surface area contributed by atoms with Crippen molar-refractivity contribution in [2.45, 2.75) is 44.2 Å². The zero-order valence-electron chi connectivity index (χ0n) is 7.00. The highest BCUT2D eigenvalue weighted by atomic mass is 16.3. The zero-order valence-corrected chi connectivity index (χ0v) is 7.00. The van der Waals surface area contributed by atoms with E-state index in [-0.39, 0.29) is 6.10 Å². The van der Waals surface area contributed by atoms with Crippen LogP contribution in [0.3, 0.4) is 0 Å². The molecule has 1 saturated carbocycles. The molecule has 11 heavy (non-hydrogen) atoms. The van der Waals surface area contributed by atoms with Crippen molar-refractivity contribution >= 4 is 0 Å². The summed E-state index contributed by atoms with van der Waals surface area (Å²) in [5.41, 5.74) is 0. The van der Waals surface area contributed by atoms with Crippen LogP contribution >= 0.6 is 0 Å². The van der Waals surface area contributed by atoms with E-state index in [2.05, 4.69) is 4.90 Å². The van der Waals surface area contributed by atoms with E-state index in [1.54, 1.807) is 0 Å². The molecule has 0 radical (unpaired) electrons. The highest BCUT2D eigenvalue weighted by molar-refractivity contribution is 4.83. The Hall–Kier alpha value is -0.0800. The van der Waals surface area contributed by atoms with Gasteiger partial charge in [-0.3, -0.25) is 4.90 Å². The molecule has 2 rings (SSSR count). The maximum atomic E-state index is 9.32. The van der Waals surface area contributed by atoms with Gasteiger partial charge in [-0.2, -0.15) is 0 Å². The van der Waals surface area contributed by atoms with Crippen molar-refractivity contribution in [2.24, 2.45) is 0 Å². The van der Waals surface area contributed by atoms with Crippen LogP contribution in [0, 0.1) is 0 Å². The topological polar surface area (TPSA) is 23.5 Å². The summed E-state index contributed by atoms with van der Waals surface area (Å²) in [5.74, 6) is 0. The van der Waals surface area contributed by atoms with E-state index in [9.17, 15) is 5.11 Å². The van der Waals surface area contributed by atoms with Crippen molar-refractivity contribution in [3.05, 3.63) is 0 Å². The summed E-state index contributed by atoms with van der Waals surface area (Å²) in [5, 5.41) is 9.32. The van der Waals surface area contributed by atoms with Gasteiger partial charge in [0.2, 0.25) is 0 Å². The number of rotatable bonds is 1. The van der Waals surface area contributed by atoms with Crippen LogP contribution in [0.15, 0.2) is 0 Å². The largest absolute Gasteiger partial charge is 0.392 e. The number of aliphatic hydroxyl groups is 1. The number of hydrogen-bond acceptors (Lipinski definition) is 2. The van der Waals surface area contributed by atoms with Crippen molar-refractivity contribution in [1.29, 1.82) is 0 Å². The van der Waals surface area contributed by atoms with Crippen molar-refractivity contribution in [1.82, 2.24) is 4.90 Å². The van der Waals surface area contributed by atoms with Crippen LogP contribution in [0.5, 0.6) is 0 Å². The first-order chi connectivity index (χ1) is 5.36. The molecule has 2 fully saturated rings. The first kappa shape index (κ1) is 7.56. The second-order valence-electron chi connectivity index (χ2n) is 3.88. The molecule has 1 saturated heterocycles. The molecule has 1 atom stereocenters. The maximum absolute atomic E-state index is 9.32. The van der Waals surface area contributed by atoms with E-state index in [1.165, 1.54) is 25.7 Å². The van der Waals surface area contributed by atoms with Gasteiger partial charge in [-0.1, -0.05) is 12.8 Å². The van der Waals surface area contributed by atoms with E-state index in [0.717, 1.165) is 25.6 Å². The molecule has 0 spiro atoms. The molecule has 0 unspecified atom stereocenters. The molecular formula is C9H17NO. The summed E-state index contributed by atoms with van der Waals surface area (Å²) in [6.07, 6.45) is 6.50. The highest BCUT2D eigenvalue weighted by Gasteiger charge is 2.28. The molecule has 1 heterocycles. The second kappa shape index (κ2) is 3.11. The summed E-state index contributed by atoms with van der Waals surface area (Å²) < 4.78 is 0. The number of aliphatic hydroxyl groups excluding tert-OH is 1. The van der Waals surface area contributed by atoms with E-state index >= 15 is 0 Å². The first-order valence-electron chi connectivity index (χ1n) is 4.78. The second-order valence-corrected chi connectivity index (χ2v) is 3.88. The monoisotopic (exact) mass is 155 g/mol. The standard InChI is InChI=1S/C9H17NO/c11-9-5-6-10(7-9)8-3-1-2-4-8/h8-9,11H,1-7H2/t9-/m1/s1. The SMILES string of the molecule is O[C@@H]1CCN(C2CCCC2)C1. The van der Waals surface area contributed by atoms with Crippen LogP contribution in [0.1, 0.15) is 32.1 Å². The first-order valence-corrected chi connectivity index (χ1v) is 4.78. The van der Waals surface area contributed by atoms with Gasteiger partial charge < -0.3 is 5.11 Å². The summed E-state index contributed by atoms with van der Waals surface area (Å²) in [6.45, 7) is 2.07. The third-order valence-corrected chi connectivity index (χ3v) is 3.04. The molecule has 2 nitrogen and oxygen atoms in total. The number of nitrogens with zero attached hydrogens (tertiary/aromatic N) is 1. The number of hydrogen-bond donors (Lipinski definition) is 1. The molecule has 2 aliphatic rings. The molecule has 1 aliphatic carbocycles. The minimum absolute atomic E-state index is 0.0319. The Morgan fingerprint density at radius 3 is 2.36 bits per heavy atom. The Balaban J connectivity index is 1.85. The van der Waals surface area contributed by atoms with Crippen molar-refractivity contribution < 1.29 is 5.11 Å².